The van der Waals surface area contributed by atoms with Crippen molar-refractivity contribution in [1.82, 2.24) is 4.90 Å². The van der Waals surface area contributed by atoms with Crippen molar-refractivity contribution >= 4 is 5.78 Å². The first-order valence-corrected chi connectivity index (χ1v) is 6.30. The van der Waals surface area contributed by atoms with Crippen LogP contribution in [0.4, 0.5) is 0 Å². The van der Waals surface area contributed by atoms with Crippen molar-refractivity contribution in [2.45, 2.75) is 31.6 Å². The van der Waals surface area contributed by atoms with E-state index in [0.29, 0.717) is 0 Å². The third kappa shape index (κ3) is 2.42. The second-order valence-corrected chi connectivity index (χ2v) is 5.51. The van der Waals surface area contributed by atoms with E-state index in [1.807, 2.05) is 12.1 Å². The van der Waals surface area contributed by atoms with Gasteiger partial charge in [-0.1, -0.05) is 24.6 Å². The van der Waals surface area contributed by atoms with Crippen molar-refractivity contribution in [3.8, 4) is 0 Å². The largest absolute Gasteiger partial charge is 0.309 e. The van der Waals surface area contributed by atoms with Crippen LogP contribution >= 0.6 is 0 Å². The molecule has 0 N–H and O–H groups in total. The minimum absolute atomic E-state index is 0.158. The number of hydrogen-bond donors (Lipinski definition) is 0. The Hall–Kier alpha value is -1.15. The number of benzene rings is 1. The number of rotatable bonds is 4. The van der Waals surface area contributed by atoms with Crippen molar-refractivity contribution in [3.63, 3.8) is 0 Å². The van der Waals surface area contributed by atoms with Gasteiger partial charge in [0.05, 0.1) is 0 Å². The van der Waals surface area contributed by atoms with Gasteiger partial charge in [-0.25, -0.2) is 0 Å². The minimum atomic E-state index is 0.158. The van der Waals surface area contributed by atoms with E-state index in [0.717, 1.165) is 12.1 Å². The fourth-order valence-electron chi connectivity index (χ4n) is 2.82. The number of ketones is 1. The molecule has 0 bridgehead atoms. The van der Waals surface area contributed by atoms with Gasteiger partial charge in [-0.3, -0.25) is 4.79 Å². The zero-order valence-electron chi connectivity index (χ0n) is 11.0. The molecule has 0 heterocycles. The zero-order chi connectivity index (χ0) is 12.5. The fourth-order valence-corrected chi connectivity index (χ4v) is 2.82. The Bertz CT molecular complexity index is 419. The average Bonchev–Trinajstić information content (AvgIpc) is 2.23. The van der Waals surface area contributed by atoms with E-state index in [1.54, 1.807) is 6.92 Å². The Kier molecular flexibility index (Phi) is 3.34. The molecule has 0 aromatic heterocycles. The molecule has 0 radical (unpaired) electrons. The van der Waals surface area contributed by atoms with E-state index in [4.69, 9.17) is 0 Å². The summed E-state index contributed by atoms with van der Waals surface area (Å²) in [4.78, 5) is 13.7. The highest BCUT2D eigenvalue weighted by molar-refractivity contribution is 5.94. The van der Waals surface area contributed by atoms with E-state index in [2.05, 4.69) is 31.1 Å². The molecule has 1 aliphatic carbocycles. The summed E-state index contributed by atoms with van der Waals surface area (Å²) in [6.45, 7) is 2.72. The van der Waals surface area contributed by atoms with Gasteiger partial charge in [0.2, 0.25) is 0 Å². The molecule has 0 amide bonds. The van der Waals surface area contributed by atoms with Gasteiger partial charge in [-0.15, -0.1) is 0 Å². The lowest BCUT2D eigenvalue weighted by Crippen LogP contribution is -2.43. The maximum Gasteiger partial charge on any atom is 0.159 e. The van der Waals surface area contributed by atoms with Crippen LogP contribution in [0, 0.1) is 0 Å². The van der Waals surface area contributed by atoms with E-state index < -0.39 is 0 Å². The van der Waals surface area contributed by atoms with Crippen LogP contribution in [0.15, 0.2) is 24.3 Å². The number of carbonyl (C=O) groups excluding carboxylic acids is 1. The van der Waals surface area contributed by atoms with Crippen molar-refractivity contribution in [2.24, 2.45) is 0 Å². The summed E-state index contributed by atoms with van der Waals surface area (Å²) >= 11 is 0. The maximum atomic E-state index is 11.4. The summed E-state index contributed by atoms with van der Waals surface area (Å²) in [6.07, 6.45) is 3.79. The first-order valence-electron chi connectivity index (χ1n) is 6.30. The molecule has 0 spiro atoms. The van der Waals surface area contributed by atoms with Gasteiger partial charge in [0.25, 0.3) is 0 Å². The van der Waals surface area contributed by atoms with Crippen molar-refractivity contribution < 1.29 is 4.79 Å². The molecule has 92 valence electrons. The minimum Gasteiger partial charge on any atom is -0.309 e. The molecule has 2 rings (SSSR count). The van der Waals surface area contributed by atoms with Crippen LogP contribution in [0.25, 0.3) is 0 Å². The molecule has 2 heteroatoms. The smallest absolute Gasteiger partial charge is 0.159 e. The molecule has 0 aliphatic heterocycles. The van der Waals surface area contributed by atoms with E-state index in [-0.39, 0.29) is 11.2 Å². The zero-order valence-corrected chi connectivity index (χ0v) is 11.0. The molecular weight excluding hydrogens is 210 g/mol. The third-order valence-corrected chi connectivity index (χ3v) is 3.81. The van der Waals surface area contributed by atoms with Gasteiger partial charge in [0, 0.05) is 17.5 Å². The van der Waals surface area contributed by atoms with Crippen LogP contribution in [0.2, 0.25) is 0 Å². The second-order valence-electron chi connectivity index (χ2n) is 5.51. The van der Waals surface area contributed by atoms with Gasteiger partial charge in [-0.05, 0) is 45.5 Å². The lowest BCUT2D eigenvalue weighted by atomic mass is 9.64. The molecule has 2 nitrogen and oxygen atoms in total. The molecule has 1 saturated carbocycles. The molecule has 1 aromatic rings. The lowest BCUT2D eigenvalue weighted by Gasteiger charge is -2.44. The molecule has 1 fully saturated rings. The Labute approximate surface area is 104 Å². The van der Waals surface area contributed by atoms with E-state index >= 15 is 0 Å². The first-order chi connectivity index (χ1) is 8.03. The normalized spacial score (nSPS) is 17.9. The summed E-state index contributed by atoms with van der Waals surface area (Å²) in [5, 5.41) is 0. The number of nitrogens with zero attached hydrogens (tertiary/aromatic N) is 1. The predicted octanol–water partition coefficient (Wildman–Crippen LogP) is 2.87. The fraction of sp³-hybridized carbons (Fsp3) is 0.533. The van der Waals surface area contributed by atoms with Crippen molar-refractivity contribution in [1.29, 1.82) is 0 Å². The van der Waals surface area contributed by atoms with Gasteiger partial charge in [0.15, 0.2) is 5.78 Å². The van der Waals surface area contributed by atoms with E-state index in [9.17, 15) is 4.79 Å². The summed E-state index contributed by atoms with van der Waals surface area (Å²) in [5.74, 6) is 0.158. The molecular formula is C15H21NO. The van der Waals surface area contributed by atoms with Gasteiger partial charge < -0.3 is 4.90 Å². The molecule has 1 aliphatic rings. The highest BCUT2D eigenvalue weighted by Gasteiger charge is 2.39. The quantitative estimate of drug-likeness (QED) is 0.743. The summed E-state index contributed by atoms with van der Waals surface area (Å²) < 4.78 is 0. The van der Waals surface area contributed by atoms with Gasteiger partial charge in [0.1, 0.15) is 0 Å². The van der Waals surface area contributed by atoms with Gasteiger partial charge >= 0.3 is 0 Å². The second kappa shape index (κ2) is 4.61. The highest BCUT2D eigenvalue weighted by Crippen LogP contribution is 2.44. The first kappa shape index (κ1) is 12.3. The van der Waals surface area contributed by atoms with Crippen LogP contribution in [-0.2, 0) is 5.41 Å². The molecule has 0 atom stereocenters. The standard InChI is InChI=1S/C15H21NO/c1-12(17)13-6-4-7-14(10-13)15(8-5-9-15)11-16(2)3/h4,6-7,10H,5,8-9,11H2,1-3H3. The van der Waals surface area contributed by atoms with E-state index in [1.165, 1.54) is 24.8 Å². The van der Waals surface area contributed by atoms with Crippen molar-refractivity contribution in [2.75, 3.05) is 20.6 Å². The average molecular weight is 231 g/mol. The summed E-state index contributed by atoms with van der Waals surface area (Å²) in [6, 6.07) is 8.19. The molecule has 0 unspecified atom stereocenters. The Morgan fingerprint density at radius 3 is 2.53 bits per heavy atom. The predicted molar refractivity (Wildman–Crippen MR) is 70.5 cm³/mol. The molecule has 1 aromatic carbocycles. The Balaban J connectivity index is 2.31. The number of Topliss-reactive ketones (excluding diaryl/α,β-unsaturated/α-hetero) is 1. The maximum absolute atomic E-state index is 11.4. The number of hydrogen-bond acceptors (Lipinski definition) is 2. The van der Waals surface area contributed by atoms with Gasteiger partial charge in [-0.2, -0.15) is 0 Å². The van der Waals surface area contributed by atoms with Crippen LogP contribution < -0.4 is 0 Å². The van der Waals surface area contributed by atoms with Crippen LogP contribution in [0.1, 0.15) is 42.1 Å². The van der Waals surface area contributed by atoms with Crippen LogP contribution in [-0.4, -0.2) is 31.3 Å². The highest BCUT2D eigenvalue weighted by atomic mass is 16.1. The Morgan fingerprint density at radius 2 is 2.06 bits per heavy atom. The SMILES string of the molecule is CC(=O)c1cccc(C2(CN(C)C)CCC2)c1. The Morgan fingerprint density at radius 1 is 1.35 bits per heavy atom. The number of likely N-dealkylation sites (N-methyl/N-ethyl adjacent to an activating group) is 1. The lowest BCUT2D eigenvalue weighted by molar-refractivity contribution is 0.101. The topological polar surface area (TPSA) is 20.3 Å². The van der Waals surface area contributed by atoms with Crippen molar-refractivity contribution in [3.05, 3.63) is 35.4 Å². The molecule has 0 saturated heterocycles. The van der Waals surface area contributed by atoms with Crippen LogP contribution in [0.5, 0.6) is 0 Å². The number of carbonyl (C=O) groups is 1. The van der Waals surface area contributed by atoms with Crippen LogP contribution in [0.3, 0.4) is 0 Å². The summed E-state index contributed by atoms with van der Waals surface area (Å²) in [5.41, 5.74) is 2.47. The third-order valence-electron chi connectivity index (χ3n) is 3.81. The molecule has 17 heavy (non-hydrogen) atoms. The monoisotopic (exact) mass is 231 g/mol. The summed E-state index contributed by atoms with van der Waals surface area (Å²) in [7, 11) is 4.24.